The Balaban J connectivity index is 1.36. The van der Waals surface area contributed by atoms with Crippen LogP contribution in [0.25, 0.3) is 11.0 Å². The first kappa shape index (κ1) is 20.0. The van der Waals surface area contributed by atoms with E-state index < -0.39 is 0 Å². The van der Waals surface area contributed by atoms with E-state index in [0.29, 0.717) is 6.04 Å². The molecule has 1 aromatic carbocycles. The van der Waals surface area contributed by atoms with Crippen molar-refractivity contribution in [1.29, 1.82) is 0 Å². The van der Waals surface area contributed by atoms with Crippen molar-refractivity contribution in [3.8, 4) is 0 Å². The number of rotatable bonds is 7. The maximum atomic E-state index is 12.7. The van der Waals surface area contributed by atoms with Crippen LogP contribution in [0.5, 0.6) is 0 Å². The fourth-order valence-corrected chi connectivity index (χ4v) is 4.86. The Labute approximate surface area is 173 Å². The molecule has 2 aromatic rings. The Kier molecular flexibility index (Phi) is 6.19. The van der Waals surface area contributed by atoms with E-state index in [2.05, 4.69) is 45.3 Å². The van der Waals surface area contributed by atoms with Crippen LogP contribution in [0.1, 0.15) is 32.6 Å². The fraction of sp³-hybridized carbons (Fsp3) is 0.565. The molecule has 0 radical (unpaired) electrons. The van der Waals surface area contributed by atoms with Gasteiger partial charge in [0.05, 0.1) is 11.0 Å². The standard InChI is InChI=1S/C23H33N5O/c1-3-13-28-21-10-6-5-9-20(21)25-23(28)27-15-11-18(12-16-27)22(29)24-17-19-8-7-14-26(19)4-2/h3,5-6,9-10,18-19H,1,4,7-8,11-17H2,2H3,(H,24,29). The van der Waals surface area contributed by atoms with Crippen LogP contribution in [0.15, 0.2) is 36.9 Å². The van der Waals surface area contributed by atoms with Gasteiger partial charge < -0.3 is 14.8 Å². The summed E-state index contributed by atoms with van der Waals surface area (Å²) in [5.74, 6) is 1.33. The van der Waals surface area contributed by atoms with E-state index in [4.69, 9.17) is 4.98 Å². The van der Waals surface area contributed by atoms with E-state index in [9.17, 15) is 4.79 Å². The highest BCUT2D eigenvalue weighted by Gasteiger charge is 2.29. The second-order valence-corrected chi connectivity index (χ2v) is 8.23. The Morgan fingerprint density at radius 3 is 2.79 bits per heavy atom. The number of nitrogens with zero attached hydrogens (tertiary/aromatic N) is 4. The molecule has 1 atom stereocenters. The van der Waals surface area contributed by atoms with Crippen molar-refractivity contribution in [3.63, 3.8) is 0 Å². The molecule has 2 aliphatic rings. The van der Waals surface area contributed by atoms with Gasteiger partial charge in [0.2, 0.25) is 11.9 Å². The number of hydrogen-bond donors (Lipinski definition) is 1. The zero-order valence-electron chi connectivity index (χ0n) is 17.5. The van der Waals surface area contributed by atoms with E-state index in [0.717, 1.165) is 62.5 Å². The number of carbonyl (C=O) groups is 1. The van der Waals surface area contributed by atoms with Crippen LogP contribution < -0.4 is 10.2 Å². The number of para-hydroxylation sites is 2. The fourth-order valence-electron chi connectivity index (χ4n) is 4.86. The van der Waals surface area contributed by atoms with Gasteiger partial charge >= 0.3 is 0 Å². The van der Waals surface area contributed by atoms with E-state index >= 15 is 0 Å². The van der Waals surface area contributed by atoms with Crippen LogP contribution in [-0.2, 0) is 11.3 Å². The minimum absolute atomic E-state index is 0.111. The molecular weight excluding hydrogens is 362 g/mol. The van der Waals surface area contributed by atoms with E-state index in [1.54, 1.807) is 0 Å². The summed E-state index contributed by atoms with van der Waals surface area (Å²) in [4.78, 5) is 22.4. The van der Waals surface area contributed by atoms with Crippen molar-refractivity contribution in [2.75, 3.05) is 37.6 Å². The van der Waals surface area contributed by atoms with Gasteiger partial charge in [-0.1, -0.05) is 25.1 Å². The number of nitrogens with one attached hydrogen (secondary N) is 1. The Morgan fingerprint density at radius 2 is 2.03 bits per heavy atom. The maximum absolute atomic E-state index is 12.7. The van der Waals surface area contributed by atoms with Crippen LogP contribution in [0.2, 0.25) is 0 Å². The number of likely N-dealkylation sites (N-methyl/N-ethyl adjacent to an activating group) is 1. The quantitative estimate of drug-likeness (QED) is 0.732. The van der Waals surface area contributed by atoms with Crippen molar-refractivity contribution in [2.24, 2.45) is 5.92 Å². The van der Waals surface area contributed by atoms with Crippen LogP contribution in [0.3, 0.4) is 0 Å². The van der Waals surface area contributed by atoms with E-state index in [1.165, 1.54) is 19.4 Å². The van der Waals surface area contributed by atoms with Crippen molar-refractivity contribution < 1.29 is 4.79 Å². The highest BCUT2D eigenvalue weighted by atomic mass is 16.1. The molecule has 1 unspecified atom stereocenters. The maximum Gasteiger partial charge on any atom is 0.223 e. The van der Waals surface area contributed by atoms with Crippen molar-refractivity contribution in [1.82, 2.24) is 19.8 Å². The number of carbonyl (C=O) groups excluding carboxylic acids is 1. The summed E-state index contributed by atoms with van der Waals surface area (Å²) in [5, 5.41) is 3.23. The van der Waals surface area contributed by atoms with Crippen LogP contribution >= 0.6 is 0 Å². The number of amides is 1. The monoisotopic (exact) mass is 395 g/mol. The van der Waals surface area contributed by atoms with Gasteiger partial charge in [0, 0.05) is 38.1 Å². The topological polar surface area (TPSA) is 53.4 Å². The largest absolute Gasteiger partial charge is 0.354 e. The summed E-state index contributed by atoms with van der Waals surface area (Å²) in [5.41, 5.74) is 2.15. The first-order chi connectivity index (χ1) is 14.2. The average Bonchev–Trinajstić information content (AvgIpc) is 3.37. The molecule has 3 heterocycles. The number of imidazole rings is 1. The third-order valence-corrected chi connectivity index (χ3v) is 6.51. The molecule has 0 bridgehead atoms. The summed E-state index contributed by atoms with van der Waals surface area (Å²) >= 11 is 0. The molecule has 1 N–H and O–H groups in total. The van der Waals surface area contributed by atoms with Gasteiger partial charge in [-0.05, 0) is 50.9 Å². The summed E-state index contributed by atoms with van der Waals surface area (Å²) in [6.07, 6.45) is 6.13. The number of fused-ring (bicyclic) bond motifs is 1. The van der Waals surface area contributed by atoms with E-state index in [-0.39, 0.29) is 11.8 Å². The first-order valence-corrected chi connectivity index (χ1v) is 11.0. The smallest absolute Gasteiger partial charge is 0.223 e. The molecule has 2 fully saturated rings. The minimum atomic E-state index is 0.111. The second-order valence-electron chi connectivity index (χ2n) is 8.23. The number of benzene rings is 1. The van der Waals surface area contributed by atoms with Crippen molar-refractivity contribution in [2.45, 2.75) is 45.2 Å². The van der Waals surface area contributed by atoms with Gasteiger partial charge in [-0.2, -0.15) is 0 Å². The Morgan fingerprint density at radius 1 is 1.24 bits per heavy atom. The summed E-state index contributed by atoms with van der Waals surface area (Å²) in [6.45, 7) is 11.6. The lowest BCUT2D eigenvalue weighted by molar-refractivity contribution is -0.125. The van der Waals surface area contributed by atoms with Gasteiger partial charge in [-0.15, -0.1) is 6.58 Å². The average molecular weight is 396 g/mol. The molecule has 6 heteroatoms. The SMILES string of the molecule is C=CCn1c(N2CCC(C(=O)NCC3CCCN3CC)CC2)nc2ccccc21. The number of allylic oxidation sites excluding steroid dienone is 1. The van der Waals surface area contributed by atoms with Gasteiger partial charge in [0.1, 0.15) is 0 Å². The normalized spacial score (nSPS) is 21.0. The minimum Gasteiger partial charge on any atom is -0.354 e. The number of hydrogen-bond acceptors (Lipinski definition) is 4. The number of piperidine rings is 1. The lowest BCUT2D eigenvalue weighted by atomic mass is 9.96. The number of anilines is 1. The van der Waals surface area contributed by atoms with Gasteiger partial charge in [-0.3, -0.25) is 9.69 Å². The van der Waals surface area contributed by atoms with Crippen LogP contribution in [0.4, 0.5) is 5.95 Å². The summed E-state index contributed by atoms with van der Waals surface area (Å²) in [7, 11) is 0. The number of aromatic nitrogens is 2. The summed E-state index contributed by atoms with van der Waals surface area (Å²) < 4.78 is 2.22. The third-order valence-electron chi connectivity index (χ3n) is 6.51. The lowest BCUT2D eigenvalue weighted by Gasteiger charge is -2.32. The highest BCUT2D eigenvalue weighted by molar-refractivity contribution is 5.80. The highest BCUT2D eigenvalue weighted by Crippen LogP contribution is 2.27. The molecule has 0 saturated carbocycles. The summed E-state index contributed by atoms with van der Waals surface area (Å²) in [6, 6.07) is 8.76. The van der Waals surface area contributed by atoms with Crippen molar-refractivity contribution >= 4 is 22.9 Å². The van der Waals surface area contributed by atoms with Crippen LogP contribution in [0, 0.1) is 5.92 Å². The molecule has 0 aliphatic carbocycles. The third kappa shape index (κ3) is 4.17. The molecule has 1 aromatic heterocycles. The lowest BCUT2D eigenvalue weighted by Crippen LogP contribution is -2.45. The van der Waals surface area contributed by atoms with E-state index in [1.807, 2.05) is 18.2 Å². The van der Waals surface area contributed by atoms with Crippen molar-refractivity contribution in [3.05, 3.63) is 36.9 Å². The first-order valence-electron chi connectivity index (χ1n) is 11.0. The molecule has 2 saturated heterocycles. The molecular formula is C23H33N5O. The second kappa shape index (κ2) is 8.99. The molecule has 156 valence electrons. The predicted molar refractivity (Wildman–Crippen MR) is 118 cm³/mol. The molecule has 1 amide bonds. The molecule has 2 aliphatic heterocycles. The Hall–Kier alpha value is -2.34. The zero-order chi connectivity index (χ0) is 20.2. The molecule has 0 spiro atoms. The Bertz CT molecular complexity index is 852. The molecule has 29 heavy (non-hydrogen) atoms. The van der Waals surface area contributed by atoms with Gasteiger partial charge in [0.15, 0.2) is 0 Å². The number of likely N-dealkylation sites (tertiary alicyclic amines) is 1. The molecule has 6 nitrogen and oxygen atoms in total. The van der Waals surface area contributed by atoms with Gasteiger partial charge in [-0.25, -0.2) is 4.98 Å². The van der Waals surface area contributed by atoms with Crippen LogP contribution in [-0.4, -0.2) is 59.1 Å². The molecule has 4 rings (SSSR count). The predicted octanol–water partition coefficient (Wildman–Crippen LogP) is 3.04. The van der Waals surface area contributed by atoms with Gasteiger partial charge in [0.25, 0.3) is 0 Å². The zero-order valence-corrected chi connectivity index (χ0v) is 17.5.